The van der Waals surface area contributed by atoms with Crippen molar-refractivity contribution in [1.29, 1.82) is 0 Å². The zero-order valence-corrected chi connectivity index (χ0v) is 10.5. The Morgan fingerprint density at radius 3 is 2.13 bits per heavy atom. The fourth-order valence-electron chi connectivity index (χ4n) is 1.68. The van der Waals surface area contributed by atoms with Gasteiger partial charge in [-0.15, -0.1) is 12.4 Å². The van der Waals surface area contributed by atoms with Crippen molar-refractivity contribution >= 4 is 41.3 Å². The lowest BCUT2D eigenvalue weighted by molar-refractivity contribution is 0.589. The van der Waals surface area contributed by atoms with E-state index in [2.05, 4.69) is 10.2 Å². The minimum Gasteiger partial charge on any atom is -0.367 e. The number of halogens is 3. The molecular formula is C10H13Cl3N2. The van der Waals surface area contributed by atoms with Gasteiger partial charge in [-0.25, -0.2) is 0 Å². The molecule has 0 spiro atoms. The molecule has 5 heteroatoms. The monoisotopic (exact) mass is 266 g/mol. The molecule has 2 nitrogen and oxygen atoms in total. The molecule has 0 amide bonds. The summed E-state index contributed by atoms with van der Waals surface area (Å²) < 4.78 is 0. The highest BCUT2D eigenvalue weighted by Gasteiger charge is 2.15. The molecular weight excluding hydrogens is 254 g/mol. The van der Waals surface area contributed by atoms with Gasteiger partial charge in [-0.05, 0) is 12.1 Å². The second-order valence-electron chi connectivity index (χ2n) is 3.31. The summed E-state index contributed by atoms with van der Waals surface area (Å²) in [6.07, 6.45) is 0. The van der Waals surface area contributed by atoms with E-state index in [4.69, 9.17) is 23.2 Å². The standard InChI is InChI=1S/C10H12Cl2N2.ClH/c11-8-2-1-3-9(12)10(8)14-6-4-13-5-7-14;/h1-3,13H,4-7H2;1H. The third-order valence-electron chi connectivity index (χ3n) is 2.37. The Bertz CT molecular complexity index is 304. The molecule has 0 aliphatic carbocycles. The van der Waals surface area contributed by atoms with Crippen molar-refractivity contribution in [2.45, 2.75) is 0 Å². The van der Waals surface area contributed by atoms with Crippen molar-refractivity contribution in [3.05, 3.63) is 28.2 Å². The Morgan fingerprint density at radius 1 is 1.07 bits per heavy atom. The van der Waals surface area contributed by atoms with Crippen LogP contribution in [-0.4, -0.2) is 26.2 Å². The van der Waals surface area contributed by atoms with Gasteiger partial charge >= 0.3 is 0 Å². The van der Waals surface area contributed by atoms with Crippen LogP contribution in [0.4, 0.5) is 5.69 Å². The smallest absolute Gasteiger partial charge is 0.0745 e. The van der Waals surface area contributed by atoms with E-state index in [9.17, 15) is 0 Å². The molecule has 0 aromatic heterocycles. The average Bonchev–Trinajstić information content (AvgIpc) is 2.19. The minimum absolute atomic E-state index is 0. The molecule has 84 valence electrons. The molecule has 0 bridgehead atoms. The van der Waals surface area contributed by atoms with E-state index in [0.717, 1.165) is 41.9 Å². The number of rotatable bonds is 1. The third kappa shape index (κ3) is 2.91. The highest BCUT2D eigenvalue weighted by atomic mass is 35.5. The molecule has 2 rings (SSSR count). The molecule has 1 aliphatic heterocycles. The number of nitrogens with one attached hydrogen (secondary N) is 1. The summed E-state index contributed by atoms with van der Waals surface area (Å²) >= 11 is 12.2. The first-order chi connectivity index (χ1) is 6.79. The van der Waals surface area contributed by atoms with Crippen molar-refractivity contribution in [3.63, 3.8) is 0 Å². The second-order valence-corrected chi connectivity index (χ2v) is 4.12. The van der Waals surface area contributed by atoms with Gasteiger partial charge in [-0.1, -0.05) is 29.3 Å². The van der Waals surface area contributed by atoms with Crippen LogP contribution in [0.15, 0.2) is 18.2 Å². The first-order valence-corrected chi connectivity index (χ1v) is 5.44. The summed E-state index contributed by atoms with van der Waals surface area (Å²) in [5, 5.41) is 4.77. The highest BCUT2D eigenvalue weighted by molar-refractivity contribution is 6.39. The molecule has 0 atom stereocenters. The normalized spacial score (nSPS) is 16.0. The Hall–Kier alpha value is -0.150. The Kier molecular flexibility index (Phi) is 5.00. The van der Waals surface area contributed by atoms with Crippen molar-refractivity contribution < 1.29 is 0 Å². The summed E-state index contributed by atoms with van der Waals surface area (Å²) in [4.78, 5) is 2.22. The van der Waals surface area contributed by atoms with Crippen molar-refractivity contribution in [3.8, 4) is 0 Å². The molecule has 1 aliphatic rings. The molecule has 1 heterocycles. The molecule has 1 fully saturated rings. The summed E-state index contributed by atoms with van der Waals surface area (Å²) in [5.74, 6) is 0. The lowest BCUT2D eigenvalue weighted by Crippen LogP contribution is -2.43. The zero-order chi connectivity index (χ0) is 9.97. The van der Waals surface area contributed by atoms with Gasteiger partial charge in [0.1, 0.15) is 0 Å². The fourth-order valence-corrected chi connectivity index (χ4v) is 2.32. The Labute approximate surface area is 106 Å². The molecule has 1 N–H and O–H groups in total. The predicted octanol–water partition coefficient (Wildman–Crippen LogP) is 2.82. The van der Waals surface area contributed by atoms with Gasteiger partial charge in [0.25, 0.3) is 0 Å². The number of nitrogens with zero attached hydrogens (tertiary/aromatic N) is 1. The van der Waals surface area contributed by atoms with Crippen LogP contribution in [0.2, 0.25) is 10.0 Å². The van der Waals surface area contributed by atoms with Crippen LogP contribution in [0.3, 0.4) is 0 Å². The van der Waals surface area contributed by atoms with Gasteiger partial charge in [-0.2, -0.15) is 0 Å². The number of benzene rings is 1. The molecule has 0 radical (unpaired) electrons. The topological polar surface area (TPSA) is 15.3 Å². The summed E-state index contributed by atoms with van der Waals surface area (Å²) in [5.41, 5.74) is 0.970. The first kappa shape index (κ1) is 12.9. The van der Waals surface area contributed by atoms with Crippen LogP contribution in [-0.2, 0) is 0 Å². The molecule has 0 saturated carbocycles. The highest BCUT2D eigenvalue weighted by Crippen LogP contribution is 2.33. The number of hydrogen-bond donors (Lipinski definition) is 1. The van der Waals surface area contributed by atoms with E-state index < -0.39 is 0 Å². The summed E-state index contributed by atoms with van der Waals surface area (Å²) in [7, 11) is 0. The van der Waals surface area contributed by atoms with Gasteiger partial charge in [-0.3, -0.25) is 0 Å². The van der Waals surface area contributed by atoms with E-state index in [-0.39, 0.29) is 12.4 Å². The molecule has 1 aromatic carbocycles. The average molecular weight is 268 g/mol. The van der Waals surface area contributed by atoms with E-state index in [0.29, 0.717) is 0 Å². The summed E-state index contributed by atoms with van der Waals surface area (Å²) in [6.45, 7) is 3.90. The fraction of sp³-hybridized carbons (Fsp3) is 0.400. The largest absolute Gasteiger partial charge is 0.367 e. The van der Waals surface area contributed by atoms with Gasteiger partial charge in [0.15, 0.2) is 0 Å². The number of anilines is 1. The van der Waals surface area contributed by atoms with Crippen molar-refractivity contribution in [2.75, 3.05) is 31.1 Å². The Balaban J connectivity index is 0.00000112. The zero-order valence-electron chi connectivity index (χ0n) is 8.17. The summed E-state index contributed by atoms with van der Waals surface area (Å²) in [6, 6.07) is 5.63. The maximum absolute atomic E-state index is 6.12. The van der Waals surface area contributed by atoms with Crippen molar-refractivity contribution in [1.82, 2.24) is 5.32 Å². The van der Waals surface area contributed by atoms with Gasteiger partial charge in [0.2, 0.25) is 0 Å². The molecule has 1 saturated heterocycles. The molecule has 15 heavy (non-hydrogen) atoms. The maximum Gasteiger partial charge on any atom is 0.0745 e. The van der Waals surface area contributed by atoms with Gasteiger partial charge < -0.3 is 10.2 Å². The predicted molar refractivity (Wildman–Crippen MR) is 68.8 cm³/mol. The first-order valence-electron chi connectivity index (χ1n) is 4.69. The van der Waals surface area contributed by atoms with E-state index >= 15 is 0 Å². The third-order valence-corrected chi connectivity index (χ3v) is 2.98. The number of para-hydroxylation sites is 1. The van der Waals surface area contributed by atoms with Crippen LogP contribution < -0.4 is 10.2 Å². The number of hydrogen-bond acceptors (Lipinski definition) is 2. The van der Waals surface area contributed by atoms with Gasteiger partial charge in [0, 0.05) is 26.2 Å². The van der Waals surface area contributed by atoms with Crippen LogP contribution in [0, 0.1) is 0 Å². The lowest BCUT2D eigenvalue weighted by atomic mass is 10.2. The maximum atomic E-state index is 6.12. The van der Waals surface area contributed by atoms with E-state index in [1.807, 2.05) is 18.2 Å². The quantitative estimate of drug-likeness (QED) is 0.842. The SMILES string of the molecule is Cl.Clc1cccc(Cl)c1N1CCNCC1. The second kappa shape index (κ2) is 5.80. The van der Waals surface area contributed by atoms with E-state index in [1.165, 1.54) is 0 Å². The van der Waals surface area contributed by atoms with E-state index in [1.54, 1.807) is 0 Å². The molecule has 0 unspecified atom stereocenters. The lowest BCUT2D eigenvalue weighted by Gasteiger charge is -2.30. The van der Waals surface area contributed by atoms with Crippen molar-refractivity contribution in [2.24, 2.45) is 0 Å². The number of piperazine rings is 1. The Morgan fingerprint density at radius 2 is 1.60 bits per heavy atom. The van der Waals surface area contributed by atoms with Gasteiger partial charge in [0.05, 0.1) is 15.7 Å². The van der Waals surface area contributed by atoms with Crippen LogP contribution in [0.25, 0.3) is 0 Å². The van der Waals surface area contributed by atoms with Crippen LogP contribution >= 0.6 is 35.6 Å². The molecule has 1 aromatic rings. The van der Waals surface area contributed by atoms with Crippen LogP contribution in [0.5, 0.6) is 0 Å². The van der Waals surface area contributed by atoms with Crippen LogP contribution in [0.1, 0.15) is 0 Å². The minimum atomic E-state index is 0.